The topological polar surface area (TPSA) is 104 Å². The minimum Gasteiger partial charge on any atom is -0.355 e. The summed E-state index contributed by atoms with van der Waals surface area (Å²) in [5.74, 6) is -0.517. The van der Waals surface area contributed by atoms with Crippen molar-refractivity contribution in [2.24, 2.45) is 0 Å². The smallest absolute Gasteiger partial charge is 0.263 e. The summed E-state index contributed by atoms with van der Waals surface area (Å²) in [5.41, 5.74) is 1.16. The third-order valence-corrected chi connectivity index (χ3v) is 4.32. The standard InChI is InChI=1S/C21H17ClN4O3/c1-23-19(27)16-12-24-18(26-21(16)29)10-9-13-5-4-6-14(11-13)25-20(28)15-7-2-3-8-17(15)22/h2-12H,1H3,(H,23,27)(H,25,28)(H,24,26,29)/b10-9-. The van der Waals surface area contributed by atoms with Crippen molar-refractivity contribution in [3.63, 3.8) is 0 Å². The summed E-state index contributed by atoms with van der Waals surface area (Å²) in [5, 5.41) is 5.55. The van der Waals surface area contributed by atoms with Crippen LogP contribution in [0.2, 0.25) is 5.02 Å². The Hall–Kier alpha value is -3.71. The lowest BCUT2D eigenvalue weighted by molar-refractivity contribution is 0.0960. The number of aromatic amines is 1. The molecule has 3 rings (SSSR count). The van der Waals surface area contributed by atoms with Gasteiger partial charge >= 0.3 is 0 Å². The van der Waals surface area contributed by atoms with E-state index in [0.29, 0.717) is 22.1 Å². The van der Waals surface area contributed by atoms with Crippen molar-refractivity contribution in [3.8, 4) is 0 Å². The van der Waals surface area contributed by atoms with E-state index in [1.165, 1.54) is 13.2 Å². The minimum atomic E-state index is -0.528. The maximum Gasteiger partial charge on any atom is 0.263 e. The predicted molar refractivity (Wildman–Crippen MR) is 113 cm³/mol. The van der Waals surface area contributed by atoms with Gasteiger partial charge in [-0.25, -0.2) is 4.98 Å². The molecule has 0 radical (unpaired) electrons. The van der Waals surface area contributed by atoms with Crippen molar-refractivity contribution in [2.75, 3.05) is 12.4 Å². The van der Waals surface area contributed by atoms with Crippen molar-refractivity contribution < 1.29 is 9.59 Å². The molecule has 29 heavy (non-hydrogen) atoms. The Kier molecular flexibility index (Phi) is 6.21. The van der Waals surface area contributed by atoms with Crippen molar-refractivity contribution >= 4 is 41.3 Å². The predicted octanol–water partition coefficient (Wildman–Crippen LogP) is 3.21. The molecule has 3 N–H and O–H groups in total. The Morgan fingerprint density at radius 3 is 2.55 bits per heavy atom. The number of hydrogen-bond donors (Lipinski definition) is 3. The summed E-state index contributed by atoms with van der Waals surface area (Å²) < 4.78 is 0. The van der Waals surface area contributed by atoms with Crippen LogP contribution in [0.3, 0.4) is 0 Å². The number of carbonyl (C=O) groups excluding carboxylic acids is 2. The first kappa shape index (κ1) is 20.0. The van der Waals surface area contributed by atoms with Gasteiger partial charge in [0.25, 0.3) is 17.4 Å². The van der Waals surface area contributed by atoms with Crippen LogP contribution in [-0.4, -0.2) is 28.8 Å². The van der Waals surface area contributed by atoms with Crippen molar-refractivity contribution in [2.45, 2.75) is 0 Å². The van der Waals surface area contributed by atoms with Gasteiger partial charge in [-0.15, -0.1) is 0 Å². The average Bonchev–Trinajstić information content (AvgIpc) is 2.72. The molecule has 1 heterocycles. The van der Waals surface area contributed by atoms with Gasteiger partial charge in [-0.3, -0.25) is 14.4 Å². The van der Waals surface area contributed by atoms with E-state index >= 15 is 0 Å². The molecule has 0 atom stereocenters. The molecule has 1 aromatic heterocycles. The van der Waals surface area contributed by atoms with Crippen LogP contribution in [0, 0.1) is 0 Å². The van der Waals surface area contributed by atoms with Crippen molar-refractivity contribution in [1.82, 2.24) is 15.3 Å². The van der Waals surface area contributed by atoms with E-state index in [1.54, 1.807) is 54.6 Å². The molecule has 0 saturated carbocycles. The number of H-pyrrole nitrogens is 1. The van der Waals surface area contributed by atoms with Gasteiger partial charge in [0.2, 0.25) is 0 Å². The molecule has 3 aromatic rings. The number of halogens is 1. The first-order chi connectivity index (χ1) is 14.0. The summed E-state index contributed by atoms with van der Waals surface area (Å²) in [7, 11) is 1.44. The summed E-state index contributed by atoms with van der Waals surface area (Å²) in [4.78, 5) is 42.5. The largest absolute Gasteiger partial charge is 0.355 e. The van der Waals surface area contributed by atoms with Gasteiger partial charge in [-0.05, 0) is 35.9 Å². The molecule has 0 aliphatic rings. The van der Waals surface area contributed by atoms with E-state index in [0.717, 1.165) is 5.56 Å². The second-order valence-electron chi connectivity index (χ2n) is 5.98. The molecule has 146 valence electrons. The normalized spacial score (nSPS) is 10.7. The maximum atomic E-state index is 12.4. The summed E-state index contributed by atoms with van der Waals surface area (Å²) in [6.45, 7) is 0. The van der Waals surface area contributed by atoms with E-state index < -0.39 is 11.5 Å². The second kappa shape index (κ2) is 8.99. The highest BCUT2D eigenvalue weighted by molar-refractivity contribution is 6.34. The Balaban J connectivity index is 1.75. The van der Waals surface area contributed by atoms with E-state index in [9.17, 15) is 14.4 Å². The Morgan fingerprint density at radius 1 is 1.03 bits per heavy atom. The van der Waals surface area contributed by atoms with Crippen LogP contribution in [0.1, 0.15) is 32.1 Å². The molecular weight excluding hydrogens is 392 g/mol. The van der Waals surface area contributed by atoms with Crippen LogP contribution in [0.5, 0.6) is 0 Å². The number of nitrogens with one attached hydrogen (secondary N) is 3. The lowest BCUT2D eigenvalue weighted by atomic mass is 10.1. The molecule has 8 heteroatoms. The molecule has 0 saturated heterocycles. The number of carbonyl (C=O) groups is 2. The first-order valence-electron chi connectivity index (χ1n) is 8.63. The molecule has 0 spiro atoms. The lowest BCUT2D eigenvalue weighted by Gasteiger charge is -2.07. The molecule has 0 aliphatic heterocycles. The van der Waals surface area contributed by atoms with Crippen LogP contribution in [0.15, 0.2) is 59.5 Å². The molecular formula is C21H17ClN4O3. The fourth-order valence-electron chi connectivity index (χ4n) is 2.53. The molecule has 0 unspecified atom stereocenters. The van der Waals surface area contributed by atoms with E-state index in [2.05, 4.69) is 20.6 Å². The zero-order valence-electron chi connectivity index (χ0n) is 15.4. The van der Waals surface area contributed by atoms with Gasteiger partial charge in [-0.2, -0.15) is 0 Å². The van der Waals surface area contributed by atoms with E-state index in [1.807, 2.05) is 6.07 Å². The number of aromatic nitrogens is 2. The van der Waals surface area contributed by atoms with Gasteiger partial charge in [-0.1, -0.05) is 41.9 Å². The highest BCUT2D eigenvalue weighted by Crippen LogP contribution is 2.18. The van der Waals surface area contributed by atoms with Crippen LogP contribution >= 0.6 is 11.6 Å². The fraction of sp³-hybridized carbons (Fsp3) is 0.0476. The first-order valence-corrected chi connectivity index (χ1v) is 9.01. The molecule has 0 aliphatic carbocycles. The highest BCUT2D eigenvalue weighted by Gasteiger charge is 2.10. The zero-order chi connectivity index (χ0) is 20.8. The third kappa shape index (κ3) is 4.97. The molecule has 0 fully saturated rings. The fourth-order valence-corrected chi connectivity index (χ4v) is 2.75. The third-order valence-electron chi connectivity index (χ3n) is 3.99. The quantitative estimate of drug-likeness (QED) is 0.603. The van der Waals surface area contributed by atoms with Gasteiger partial charge in [0.05, 0.1) is 10.6 Å². The molecule has 2 amide bonds. The van der Waals surface area contributed by atoms with Crippen LogP contribution in [0.25, 0.3) is 12.2 Å². The SMILES string of the molecule is CNC(=O)c1cnc(/C=C\c2cccc(NC(=O)c3ccccc3Cl)c2)[nH]c1=O. The van der Waals surface area contributed by atoms with Crippen LogP contribution in [0.4, 0.5) is 5.69 Å². The van der Waals surface area contributed by atoms with Gasteiger partial charge in [0.15, 0.2) is 0 Å². The number of amides is 2. The highest BCUT2D eigenvalue weighted by atomic mass is 35.5. The van der Waals surface area contributed by atoms with Gasteiger partial charge < -0.3 is 15.6 Å². The van der Waals surface area contributed by atoms with Crippen molar-refractivity contribution in [3.05, 3.63) is 92.6 Å². The Labute approximate surface area is 171 Å². The van der Waals surface area contributed by atoms with Crippen LogP contribution < -0.4 is 16.2 Å². The molecule has 0 bridgehead atoms. The summed E-state index contributed by atoms with van der Waals surface area (Å²) in [6, 6.07) is 13.9. The number of hydrogen-bond acceptors (Lipinski definition) is 4. The van der Waals surface area contributed by atoms with E-state index in [4.69, 9.17) is 11.6 Å². The minimum absolute atomic E-state index is 0.0612. The van der Waals surface area contributed by atoms with Gasteiger partial charge in [0, 0.05) is 18.9 Å². The maximum absolute atomic E-state index is 12.4. The Morgan fingerprint density at radius 2 is 1.83 bits per heavy atom. The summed E-state index contributed by atoms with van der Waals surface area (Å²) in [6.07, 6.45) is 4.55. The number of anilines is 1. The van der Waals surface area contributed by atoms with Gasteiger partial charge in [0.1, 0.15) is 11.4 Å². The summed E-state index contributed by atoms with van der Waals surface area (Å²) >= 11 is 6.05. The number of nitrogens with zero attached hydrogens (tertiary/aromatic N) is 1. The second-order valence-corrected chi connectivity index (χ2v) is 6.39. The monoisotopic (exact) mass is 408 g/mol. The molecule has 2 aromatic carbocycles. The zero-order valence-corrected chi connectivity index (χ0v) is 16.2. The van der Waals surface area contributed by atoms with E-state index in [-0.39, 0.29) is 11.5 Å². The van der Waals surface area contributed by atoms with Crippen LogP contribution in [-0.2, 0) is 0 Å². The lowest BCUT2D eigenvalue weighted by Crippen LogP contribution is -2.27. The molecule has 7 nitrogen and oxygen atoms in total. The number of rotatable bonds is 5. The Bertz CT molecular complexity index is 1150. The van der Waals surface area contributed by atoms with Crippen molar-refractivity contribution in [1.29, 1.82) is 0 Å². The average molecular weight is 409 g/mol. The number of benzene rings is 2.